The fraction of sp³-hybridized carbons (Fsp3) is 0.111. The maximum absolute atomic E-state index is 13.4. The van der Waals surface area contributed by atoms with E-state index in [2.05, 4.69) is 4.98 Å². The van der Waals surface area contributed by atoms with Gasteiger partial charge in [0.2, 0.25) is 0 Å². The van der Waals surface area contributed by atoms with Crippen LogP contribution in [0.1, 0.15) is 26.3 Å². The average molecular weight is 396 g/mol. The van der Waals surface area contributed by atoms with Gasteiger partial charge in [-0.05, 0) is 41.2 Å². The van der Waals surface area contributed by atoms with Crippen LogP contribution in [0, 0.1) is 0 Å². The molecule has 27 heavy (non-hydrogen) atoms. The van der Waals surface area contributed by atoms with Gasteiger partial charge in [0.1, 0.15) is 0 Å². The molecule has 1 aliphatic heterocycles. The third-order valence-electron chi connectivity index (χ3n) is 4.64. The molecule has 0 fully saturated rings. The standard InChI is InChI=1S/C18H13BF3N2O2.K/c20-19(21,22)16-12(11-5-3-4-8-15(11)23-16)9-10-24-17(25)13-6-1-2-7-14(13)18(24)26;/h1-8,23H,9-10H2;/q-1;+1. The van der Waals surface area contributed by atoms with E-state index in [-0.39, 0.29) is 81.0 Å². The maximum atomic E-state index is 13.4. The molecule has 4 nitrogen and oxygen atoms in total. The Morgan fingerprint density at radius 2 is 1.44 bits per heavy atom. The normalized spacial score (nSPS) is 13.8. The molecule has 1 aromatic heterocycles. The van der Waals surface area contributed by atoms with Crippen LogP contribution in [0.3, 0.4) is 0 Å². The third kappa shape index (κ3) is 3.54. The van der Waals surface area contributed by atoms with E-state index in [0.29, 0.717) is 10.9 Å². The van der Waals surface area contributed by atoms with Crippen molar-refractivity contribution in [1.29, 1.82) is 0 Å². The number of amides is 2. The summed E-state index contributed by atoms with van der Waals surface area (Å²) in [6.07, 6.45) is -0.0634. The summed E-state index contributed by atoms with van der Waals surface area (Å²) in [6, 6.07) is 12.9. The number of imide groups is 1. The number of rotatable bonds is 4. The fourth-order valence-electron chi connectivity index (χ4n) is 3.44. The molecule has 4 rings (SSSR count). The Morgan fingerprint density at radius 3 is 2.04 bits per heavy atom. The number of aromatic nitrogens is 1. The Morgan fingerprint density at radius 1 is 0.889 bits per heavy atom. The van der Waals surface area contributed by atoms with Crippen LogP contribution in [0.15, 0.2) is 48.5 Å². The number of carbonyl (C=O) groups excluding carboxylic acids is 2. The number of hydrogen-bond donors (Lipinski definition) is 1. The van der Waals surface area contributed by atoms with Crippen molar-refractivity contribution in [1.82, 2.24) is 9.88 Å². The first-order valence-corrected chi connectivity index (χ1v) is 8.12. The second-order valence-electron chi connectivity index (χ2n) is 6.20. The summed E-state index contributed by atoms with van der Waals surface area (Å²) in [6.45, 7) is -5.34. The molecule has 2 aromatic carbocycles. The molecular weight excluding hydrogens is 383 g/mol. The zero-order chi connectivity index (χ0) is 18.5. The number of carbonyl (C=O) groups is 2. The Balaban J connectivity index is 0.00000210. The zero-order valence-electron chi connectivity index (χ0n) is 14.5. The molecule has 0 saturated heterocycles. The number of halogens is 3. The molecule has 0 radical (unpaired) electrons. The van der Waals surface area contributed by atoms with Crippen LogP contribution in [0.4, 0.5) is 12.9 Å². The Bertz CT molecular complexity index is 1010. The quantitative estimate of drug-likeness (QED) is 0.501. The number of nitrogens with one attached hydrogen (secondary N) is 1. The van der Waals surface area contributed by atoms with Crippen molar-refractivity contribution in [3.8, 4) is 0 Å². The van der Waals surface area contributed by atoms with E-state index in [4.69, 9.17) is 0 Å². The summed E-state index contributed by atoms with van der Waals surface area (Å²) in [5.74, 6) is -0.936. The first-order chi connectivity index (χ1) is 12.4. The monoisotopic (exact) mass is 396 g/mol. The molecule has 0 aliphatic carbocycles. The van der Waals surface area contributed by atoms with Crippen LogP contribution in [-0.4, -0.2) is 35.2 Å². The number of nitrogens with zero attached hydrogens (tertiary/aromatic N) is 1. The molecule has 2 amide bonds. The van der Waals surface area contributed by atoms with E-state index < -0.39 is 24.4 Å². The summed E-state index contributed by atoms with van der Waals surface area (Å²) < 4.78 is 40.3. The maximum Gasteiger partial charge on any atom is 1.00 e. The number of benzene rings is 2. The molecule has 2 heterocycles. The van der Waals surface area contributed by atoms with Gasteiger partial charge in [0.15, 0.2) is 0 Å². The second-order valence-corrected chi connectivity index (χ2v) is 6.20. The van der Waals surface area contributed by atoms with Crippen LogP contribution < -0.4 is 57.0 Å². The number of hydrogen-bond acceptors (Lipinski definition) is 2. The molecule has 0 saturated carbocycles. The van der Waals surface area contributed by atoms with Crippen molar-refractivity contribution in [2.45, 2.75) is 6.42 Å². The number of fused-ring (bicyclic) bond motifs is 2. The van der Waals surface area contributed by atoms with Gasteiger partial charge in [0, 0.05) is 12.1 Å². The van der Waals surface area contributed by atoms with Crippen molar-refractivity contribution in [3.05, 3.63) is 65.2 Å². The minimum atomic E-state index is -5.24. The summed E-state index contributed by atoms with van der Waals surface area (Å²) in [4.78, 5) is 28.2. The summed E-state index contributed by atoms with van der Waals surface area (Å²) in [5, 5.41) is 0.457. The van der Waals surface area contributed by atoms with Gasteiger partial charge in [-0.3, -0.25) is 14.5 Å². The van der Waals surface area contributed by atoms with Gasteiger partial charge >= 0.3 is 58.4 Å². The van der Waals surface area contributed by atoms with E-state index in [9.17, 15) is 22.5 Å². The van der Waals surface area contributed by atoms with Gasteiger partial charge in [-0.15, -0.1) is 0 Å². The summed E-state index contributed by atoms with van der Waals surface area (Å²) in [5.41, 5.74) is 0.278. The molecule has 9 heteroatoms. The predicted molar refractivity (Wildman–Crippen MR) is 92.5 cm³/mol. The van der Waals surface area contributed by atoms with Crippen LogP contribution in [0.25, 0.3) is 10.9 Å². The summed E-state index contributed by atoms with van der Waals surface area (Å²) in [7, 11) is 0. The predicted octanol–water partition coefficient (Wildman–Crippen LogP) is 0.0650. The second kappa shape index (κ2) is 7.56. The fourth-order valence-corrected chi connectivity index (χ4v) is 3.44. The van der Waals surface area contributed by atoms with Gasteiger partial charge < -0.3 is 17.9 Å². The topological polar surface area (TPSA) is 53.2 Å². The largest absolute Gasteiger partial charge is 1.00 e. The van der Waals surface area contributed by atoms with E-state index >= 15 is 0 Å². The van der Waals surface area contributed by atoms with E-state index in [1.807, 2.05) is 0 Å². The number of H-pyrrole nitrogens is 1. The molecule has 3 aromatic rings. The number of aromatic amines is 1. The zero-order valence-corrected chi connectivity index (χ0v) is 17.6. The Hall–Kier alpha value is -1.39. The number of para-hydroxylation sites is 1. The van der Waals surface area contributed by atoms with E-state index in [0.717, 1.165) is 4.90 Å². The van der Waals surface area contributed by atoms with Gasteiger partial charge in [0.25, 0.3) is 11.8 Å². The smallest absolute Gasteiger partial charge is 0.444 e. The van der Waals surface area contributed by atoms with Crippen molar-refractivity contribution < 1.29 is 73.9 Å². The molecule has 132 valence electrons. The van der Waals surface area contributed by atoms with Gasteiger partial charge in [0.05, 0.1) is 11.1 Å². The molecule has 1 N–H and O–H groups in total. The molecule has 0 spiro atoms. The van der Waals surface area contributed by atoms with Crippen molar-refractivity contribution in [2.75, 3.05) is 6.54 Å². The molecule has 1 aliphatic rings. The minimum absolute atomic E-state index is 0. The minimum Gasteiger partial charge on any atom is -0.444 e. The van der Waals surface area contributed by atoms with Gasteiger partial charge in [-0.25, -0.2) is 0 Å². The first-order valence-electron chi connectivity index (χ1n) is 8.12. The Labute approximate surface area is 195 Å². The molecule has 0 unspecified atom stereocenters. The summed E-state index contributed by atoms with van der Waals surface area (Å²) >= 11 is 0. The molecular formula is C18H13BF3KN2O2. The molecule has 0 bridgehead atoms. The third-order valence-corrected chi connectivity index (χ3v) is 4.64. The average Bonchev–Trinajstić information content (AvgIpc) is 3.11. The van der Waals surface area contributed by atoms with E-state index in [1.54, 1.807) is 48.5 Å². The molecule has 0 atom stereocenters. The van der Waals surface area contributed by atoms with Crippen LogP contribution in [0.2, 0.25) is 0 Å². The van der Waals surface area contributed by atoms with Crippen LogP contribution in [-0.2, 0) is 6.42 Å². The van der Waals surface area contributed by atoms with Crippen molar-refractivity contribution in [2.24, 2.45) is 0 Å². The van der Waals surface area contributed by atoms with E-state index in [1.165, 1.54) is 0 Å². The van der Waals surface area contributed by atoms with Crippen molar-refractivity contribution in [3.63, 3.8) is 0 Å². The van der Waals surface area contributed by atoms with Gasteiger partial charge in [-0.2, -0.15) is 0 Å². The van der Waals surface area contributed by atoms with Gasteiger partial charge in [-0.1, -0.05) is 30.3 Å². The van der Waals surface area contributed by atoms with Crippen LogP contribution in [0.5, 0.6) is 0 Å². The van der Waals surface area contributed by atoms with Crippen molar-refractivity contribution >= 4 is 35.3 Å². The Kier molecular flexibility index (Phi) is 5.69. The van der Waals surface area contributed by atoms with Crippen LogP contribution >= 0.6 is 0 Å². The first kappa shape index (κ1) is 20.3. The SMILES string of the molecule is O=C1c2ccccc2C(=O)N1CCc1c([B-](F)(F)F)[nH]c2ccccc12.[K+].